The van der Waals surface area contributed by atoms with Crippen LogP contribution in [0.25, 0.3) is 22.2 Å². The summed E-state index contributed by atoms with van der Waals surface area (Å²) in [4.78, 5) is 9.02. The highest BCUT2D eigenvalue weighted by Gasteiger charge is 2.14. The first-order valence-corrected chi connectivity index (χ1v) is 8.06. The van der Waals surface area contributed by atoms with Crippen molar-refractivity contribution in [1.29, 1.82) is 0 Å². The largest absolute Gasteiger partial charge is 0.332 e. The quantitative estimate of drug-likeness (QED) is 0.759. The molecule has 0 aliphatic carbocycles. The minimum Gasteiger partial charge on any atom is -0.332 e. The molecule has 1 aromatic carbocycles. The average molecular weight is 351 g/mol. The maximum Gasteiger partial charge on any atom is 0.277 e. The van der Waals surface area contributed by atoms with E-state index in [9.17, 15) is 0 Å². The van der Waals surface area contributed by atoms with Gasteiger partial charge in [-0.1, -0.05) is 35.0 Å². The molecule has 7 heteroatoms. The topological polar surface area (TPSA) is 63.8 Å². The van der Waals surface area contributed by atoms with E-state index in [1.807, 2.05) is 12.4 Å². The Bertz CT molecular complexity index is 754. The Morgan fingerprint density at radius 2 is 1.96 bits per heavy atom. The number of nitrogens with zero attached hydrogens (tertiary/aromatic N) is 3. The van der Waals surface area contributed by atoms with Gasteiger partial charge in [0.15, 0.2) is 5.82 Å². The van der Waals surface area contributed by atoms with Gasteiger partial charge in [-0.05, 0) is 20.9 Å². The lowest BCUT2D eigenvalue weighted by Crippen LogP contribution is -2.24. The van der Waals surface area contributed by atoms with Gasteiger partial charge in [-0.25, -0.2) is 4.98 Å². The molecule has 0 aliphatic heterocycles. The SMILES string of the molecule is CNC(C)Cc1noc(-c2csc(-c3ccc(C)cc3)n2)n1.Cl. The summed E-state index contributed by atoms with van der Waals surface area (Å²) in [6.07, 6.45) is 0.731. The molecular weight excluding hydrogens is 332 g/mol. The summed E-state index contributed by atoms with van der Waals surface area (Å²) < 4.78 is 5.32. The smallest absolute Gasteiger partial charge is 0.277 e. The first-order valence-electron chi connectivity index (χ1n) is 7.18. The molecule has 0 spiro atoms. The molecule has 0 aliphatic rings. The predicted octanol–water partition coefficient (Wildman–Crippen LogP) is 3.74. The van der Waals surface area contributed by atoms with Crippen LogP contribution < -0.4 is 5.32 Å². The summed E-state index contributed by atoms with van der Waals surface area (Å²) in [6, 6.07) is 8.63. The molecule has 1 atom stereocenters. The van der Waals surface area contributed by atoms with E-state index in [1.165, 1.54) is 5.56 Å². The Hall–Kier alpha value is -1.76. The molecule has 5 nitrogen and oxygen atoms in total. The van der Waals surface area contributed by atoms with Gasteiger partial charge in [-0.2, -0.15) is 4.98 Å². The standard InChI is InChI=1S/C16H18N4OS.ClH/c1-10-4-6-12(7-5-10)16-18-13(9-22-16)15-19-14(20-21-15)8-11(2)17-3;/h4-7,9,11,17H,8H2,1-3H3;1H. The highest BCUT2D eigenvalue weighted by molar-refractivity contribution is 7.13. The summed E-state index contributed by atoms with van der Waals surface area (Å²) in [6.45, 7) is 4.15. The molecule has 122 valence electrons. The van der Waals surface area contributed by atoms with Crippen molar-refractivity contribution in [3.63, 3.8) is 0 Å². The number of aryl methyl sites for hydroxylation is 1. The lowest BCUT2D eigenvalue weighted by atomic mass is 10.2. The normalized spacial score (nSPS) is 12.0. The summed E-state index contributed by atoms with van der Waals surface area (Å²) in [7, 11) is 1.92. The summed E-state index contributed by atoms with van der Waals surface area (Å²) in [5.74, 6) is 1.18. The van der Waals surface area contributed by atoms with Crippen LogP contribution in [0.4, 0.5) is 0 Å². The van der Waals surface area contributed by atoms with E-state index in [1.54, 1.807) is 11.3 Å². The number of hydrogen-bond donors (Lipinski definition) is 1. The van der Waals surface area contributed by atoms with Gasteiger partial charge in [-0.15, -0.1) is 23.7 Å². The van der Waals surface area contributed by atoms with E-state index in [4.69, 9.17) is 4.52 Å². The number of halogens is 1. The molecule has 0 radical (unpaired) electrons. The number of aromatic nitrogens is 3. The van der Waals surface area contributed by atoms with Gasteiger partial charge in [0.1, 0.15) is 10.7 Å². The van der Waals surface area contributed by atoms with E-state index < -0.39 is 0 Å². The van der Waals surface area contributed by atoms with Crippen LogP contribution in [-0.4, -0.2) is 28.2 Å². The van der Waals surface area contributed by atoms with Crippen LogP contribution in [-0.2, 0) is 6.42 Å². The Morgan fingerprint density at radius 3 is 2.65 bits per heavy atom. The van der Waals surface area contributed by atoms with Crippen molar-refractivity contribution in [2.75, 3.05) is 7.05 Å². The van der Waals surface area contributed by atoms with Crippen molar-refractivity contribution in [1.82, 2.24) is 20.4 Å². The van der Waals surface area contributed by atoms with Crippen molar-refractivity contribution < 1.29 is 4.52 Å². The van der Waals surface area contributed by atoms with Gasteiger partial charge in [0.2, 0.25) is 0 Å². The fraction of sp³-hybridized carbons (Fsp3) is 0.312. The highest BCUT2D eigenvalue weighted by Crippen LogP contribution is 2.28. The van der Waals surface area contributed by atoms with Crippen LogP contribution in [0.5, 0.6) is 0 Å². The Labute approximate surface area is 145 Å². The van der Waals surface area contributed by atoms with Gasteiger partial charge in [0.25, 0.3) is 5.89 Å². The average Bonchev–Trinajstić information content (AvgIpc) is 3.17. The van der Waals surface area contributed by atoms with Gasteiger partial charge >= 0.3 is 0 Å². The van der Waals surface area contributed by atoms with E-state index in [0.29, 0.717) is 17.8 Å². The number of benzene rings is 1. The third kappa shape index (κ3) is 4.16. The summed E-state index contributed by atoms with van der Waals surface area (Å²) in [5.41, 5.74) is 3.07. The fourth-order valence-electron chi connectivity index (χ4n) is 2.02. The number of likely N-dealkylation sites (N-methyl/N-ethyl adjacent to an activating group) is 1. The van der Waals surface area contributed by atoms with Crippen molar-refractivity contribution in [3.8, 4) is 22.2 Å². The van der Waals surface area contributed by atoms with Crippen molar-refractivity contribution in [3.05, 3.63) is 41.0 Å². The number of rotatable bonds is 5. The second-order valence-electron chi connectivity index (χ2n) is 5.31. The molecule has 23 heavy (non-hydrogen) atoms. The van der Waals surface area contributed by atoms with Gasteiger partial charge in [0, 0.05) is 23.4 Å². The Kier molecular flexibility index (Phi) is 5.87. The second kappa shape index (κ2) is 7.68. The maximum atomic E-state index is 5.32. The molecule has 3 aromatic rings. The number of thiazole rings is 1. The van der Waals surface area contributed by atoms with Crippen molar-refractivity contribution in [2.45, 2.75) is 26.3 Å². The first-order chi connectivity index (χ1) is 10.7. The third-order valence-corrected chi connectivity index (χ3v) is 4.36. The van der Waals surface area contributed by atoms with E-state index in [-0.39, 0.29) is 12.4 Å². The van der Waals surface area contributed by atoms with Gasteiger partial charge in [-0.3, -0.25) is 0 Å². The Morgan fingerprint density at radius 1 is 1.22 bits per heavy atom. The second-order valence-corrected chi connectivity index (χ2v) is 6.17. The highest BCUT2D eigenvalue weighted by atomic mass is 35.5. The molecular formula is C16H19ClN4OS. The van der Waals surface area contributed by atoms with E-state index >= 15 is 0 Å². The molecule has 3 rings (SSSR count). The predicted molar refractivity (Wildman–Crippen MR) is 95.1 cm³/mol. The number of hydrogen-bond acceptors (Lipinski definition) is 6. The lowest BCUT2D eigenvalue weighted by Gasteiger charge is -2.04. The van der Waals surface area contributed by atoms with E-state index in [2.05, 4.69) is 58.6 Å². The molecule has 2 aromatic heterocycles. The van der Waals surface area contributed by atoms with Gasteiger partial charge in [0.05, 0.1) is 0 Å². The zero-order valence-corrected chi connectivity index (χ0v) is 14.9. The maximum absolute atomic E-state index is 5.32. The third-order valence-electron chi connectivity index (χ3n) is 3.47. The lowest BCUT2D eigenvalue weighted by molar-refractivity contribution is 0.417. The van der Waals surface area contributed by atoms with Crippen LogP contribution >= 0.6 is 23.7 Å². The summed E-state index contributed by atoms with van der Waals surface area (Å²) >= 11 is 1.58. The molecule has 0 amide bonds. The Balaban J connectivity index is 0.00000192. The zero-order chi connectivity index (χ0) is 15.5. The van der Waals surface area contributed by atoms with Crippen molar-refractivity contribution in [2.24, 2.45) is 0 Å². The monoisotopic (exact) mass is 350 g/mol. The van der Waals surface area contributed by atoms with Crippen LogP contribution in [0, 0.1) is 6.92 Å². The van der Waals surface area contributed by atoms with Crippen LogP contribution in [0.1, 0.15) is 18.3 Å². The molecule has 1 N–H and O–H groups in total. The molecule has 0 bridgehead atoms. The molecule has 2 heterocycles. The first kappa shape index (κ1) is 17.6. The van der Waals surface area contributed by atoms with Crippen LogP contribution in [0.3, 0.4) is 0 Å². The van der Waals surface area contributed by atoms with Crippen LogP contribution in [0.2, 0.25) is 0 Å². The molecule has 0 saturated carbocycles. The zero-order valence-electron chi connectivity index (χ0n) is 13.2. The molecule has 0 saturated heterocycles. The van der Waals surface area contributed by atoms with Crippen molar-refractivity contribution >= 4 is 23.7 Å². The fourth-order valence-corrected chi connectivity index (χ4v) is 2.82. The minimum atomic E-state index is 0. The molecule has 1 unspecified atom stereocenters. The minimum absolute atomic E-state index is 0. The van der Waals surface area contributed by atoms with Crippen LogP contribution in [0.15, 0.2) is 34.2 Å². The van der Waals surface area contributed by atoms with E-state index in [0.717, 1.165) is 22.7 Å². The van der Waals surface area contributed by atoms with Gasteiger partial charge < -0.3 is 9.84 Å². The molecule has 0 fully saturated rings. The summed E-state index contributed by atoms with van der Waals surface area (Å²) in [5, 5.41) is 10.1. The number of nitrogens with one attached hydrogen (secondary N) is 1.